The predicted molar refractivity (Wildman–Crippen MR) is 98.5 cm³/mol. The van der Waals surface area contributed by atoms with Gasteiger partial charge in [0.1, 0.15) is 5.75 Å². The summed E-state index contributed by atoms with van der Waals surface area (Å²) in [7, 11) is 0. The van der Waals surface area contributed by atoms with Crippen molar-refractivity contribution in [3.8, 4) is 5.75 Å². The van der Waals surface area contributed by atoms with E-state index in [2.05, 4.69) is 43.4 Å². The normalized spacial score (nSPS) is 13.2. The molecule has 0 aliphatic rings. The van der Waals surface area contributed by atoms with Crippen LogP contribution in [0.25, 0.3) is 0 Å². The summed E-state index contributed by atoms with van der Waals surface area (Å²) in [5, 5.41) is 3.04. The Morgan fingerprint density at radius 2 is 1.54 bits per heavy atom. The number of aryl methyl sites for hydroxylation is 4. The number of carbonyl (C=O) groups is 1. The molecule has 0 aromatic heterocycles. The van der Waals surface area contributed by atoms with Crippen LogP contribution in [0.15, 0.2) is 36.4 Å². The Balaban J connectivity index is 2.02. The van der Waals surface area contributed by atoms with E-state index in [0.717, 1.165) is 22.4 Å². The molecule has 1 N–H and O–H groups in total. The van der Waals surface area contributed by atoms with Gasteiger partial charge in [-0.2, -0.15) is 0 Å². The molecule has 2 aromatic carbocycles. The van der Waals surface area contributed by atoms with E-state index in [1.54, 1.807) is 6.92 Å². The van der Waals surface area contributed by atoms with Crippen LogP contribution in [0.2, 0.25) is 0 Å². The first-order valence-corrected chi connectivity index (χ1v) is 8.38. The molecule has 24 heavy (non-hydrogen) atoms. The fourth-order valence-corrected chi connectivity index (χ4v) is 2.98. The lowest BCUT2D eigenvalue weighted by Gasteiger charge is -2.21. The van der Waals surface area contributed by atoms with Gasteiger partial charge in [0.05, 0.1) is 6.04 Å². The van der Waals surface area contributed by atoms with Gasteiger partial charge >= 0.3 is 0 Å². The van der Waals surface area contributed by atoms with E-state index in [4.69, 9.17) is 4.74 Å². The largest absolute Gasteiger partial charge is 0.481 e. The highest BCUT2D eigenvalue weighted by atomic mass is 16.5. The molecule has 0 unspecified atom stereocenters. The standard InChI is InChI=1S/C21H27NO2/c1-13-7-8-20(16(4)10-13)17(5)22-21(23)18(6)24-19-11-14(2)9-15(3)12-19/h7-12,17-18H,1-6H3,(H,22,23)/t17-,18-/m0/s1. The van der Waals surface area contributed by atoms with Crippen LogP contribution >= 0.6 is 0 Å². The van der Waals surface area contributed by atoms with Crippen molar-refractivity contribution < 1.29 is 9.53 Å². The van der Waals surface area contributed by atoms with Crippen molar-refractivity contribution in [2.75, 3.05) is 0 Å². The zero-order valence-electron chi connectivity index (χ0n) is 15.4. The quantitative estimate of drug-likeness (QED) is 0.875. The smallest absolute Gasteiger partial charge is 0.261 e. The molecule has 2 atom stereocenters. The fourth-order valence-electron chi connectivity index (χ4n) is 2.98. The summed E-state index contributed by atoms with van der Waals surface area (Å²) in [6, 6.07) is 12.2. The highest BCUT2D eigenvalue weighted by Gasteiger charge is 2.18. The number of hydrogen-bond donors (Lipinski definition) is 1. The van der Waals surface area contributed by atoms with Gasteiger partial charge in [-0.3, -0.25) is 4.79 Å². The third-order valence-electron chi connectivity index (χ3n) is 4.13. The maximum Gasteiger partial charge on any atom is 0.261 e. The minimum Gasteiger partial charge on any atom is -0.481 e. The van der Waals surface area contributed by atoms with Crippen molar-refractivity contribution in [1.29, 1.82) is 0 Å². The van der Waals surface area contributed by atoms with E-state index in [9.17, 15) is 4.79 Å². The third-order valence-corrected chi connectivity index (χ3v) is 4.13. The Morgan fingerprint density at radius 1 is 0.917 bits per heavy atom. The molecule has 0 saturated heterocycles. The van der Waals surface area contributed by atoms with Crippen LogP contribution in [0.4, 0.5) is 0 Å². The molecule has 0 bridgehead atoms. The number of ether oxygens (including phenoxy) is 1. The molecule has 0 saturated carbocycles. The van der Waals surface area contributed by atoms with E-state index >= 15 is 0 Å². The highest BCUT2D eigenvalue weighted by Crippen LogP contribution is 2.20. The van der Waals surface area contributed by atoms with Crippen LogP contribution in [0.1, 0.15) is 47.7 Å². The molecule has 0 spiro atoms. The lowest BCUT2D eigenvalue weighted by molar-refractivity contribution is -0.127. The first-order valence-electron chi connectivity index (χ1n) is 8.38. The maximum absolute atomic E-state index is 12.4. The summed E-state index contributed by atoms with van der Waals surface area (Å²) in [6.45, 7) is 12.0. The lowest BCUT2D eigenvalue weighted by atomic mass is 10.00. The van der Waals surface area contributed by atoms with Crippen molar-refractivity contribution in [2.45, 2.75) is 53.7 Å². The Kier molecular flexibility index (Phi) is 5.66. The van der Waals surface area contributed by atoms with Crippen LogP contribution < -0.4 is 10.1 Å². The minimum absolute atomic E-state index is 0.0524. The molecule has 0 radical (unpaired) electrons. The van der Waals surface area contributed by atoms with Gasteiger partial charge in [-0.05, 0) is 75.9 Å². The molecule has 2 aromatic rings. The van der Waals surface area contributed by atoms with Gasteiger partial charge in [-0.15, -0.1) is 0 Å². The number of hydrogen-bond acceptors (Lipinski definition) is 2. The molecule has 0 fully saturated rings. The molecular formula is C21H27NO2. The first kappa shape index (κ1) is 18.1. The van der Waals surface area contributed by atoms with Gasteiger partial charge in [-0.1, -0.05) is 29.8 Å². The van der Waals surface area contributed by atoms with Crippen LogP contribution in [0, 0.1) is 27.7 Å². The van der Waals surface area contributed by atoms with E-state index < -0.39 is 6.10 Å². The van der Waals surface area contributed by atoms with Crippen molar-refractivity contribution >= 4 is 5.91 Å². The molecule has 0 aliphatic carbocycles. The predicted octanol–water partition coefficient (Wildman–Crippen LogP) is 4.56. The first-order chi connectivity index (χ1) is 11.3. The van der Waals surface area contributed by atoms with Crippen molar-refractivity contribution in [1.82, 2.24) is 5.32 Å². The van der Waals surface area contributed by atoms with E-state index in [1.807, 2.05) is 32.9 Å². The average Bonchev–Trinajstić information content (AvgIpc) is 2.45. The van der Waals surface area contributed by atoms with Crippen LogP contribution in [0.3, 0.4) is 0 Å². The Labute approximate surface area is 145 Å². The van der Waals surface area contributed by atoms with Crippen LogP contribution in [-0.4, -0.2) is 12.0 Å². The van der Waals surface area contributed by atoms with Crippen LogP contribution in [-0.2, 0) is 4.79 Å². The Hall–Kier alpha value is -2.29. The van der Waals surface area contributed by atoms with Crippen LogP contribution in [0.5, 0.6) is 5.75 Å². The molecule has 0 aliphatic heterocycles. The maximum atomic E-state index is 12.4. The van der Waals surface area contributed by atoms with E-state index in [-0.39, 0.29) is 11.9 Å². The number of amides is 1. The summed E-state index contributed by atoms with van der Waals surface area (Å²) >= 11 is 0. The molecule has 0 heterocycles. The van der Waals surface area contributed by atoms with Gasteiger partial charge in [0, 0.05) is 0 Å². The third kappa shape index (κ3) is 4.60. The monoisotopic (exact) mass is 325 g/mol. The summed E-state index contributed by atoms with van der Waals surface area (Å²) in [4.78, 5) is 12.4. The van der Waals surface area contributed by atoms with Crippen molar-refractivity contribution in [3.05, 3.63) is 64.2 Å². The molecule has 3 heteroatoms. The lowest BCUT2D eigenvalue weighted by Crippen LogP contribution is -2.38. The zero-order chi connectivity index (χ0) is 17.9. The number of rotatable bonds is 5. The minimum atomic E-state index is -0.542. The van der Waals surface area contributed by atoms with Crippen molar-refractivity contribution in [2.24, 2.45) is 0 Å². The summed E-state index contributed by atoms with van der Waals surface area (Å²) in [5.74, 6) is 0.621. The van der Waals surface area contributed by atoms with E-state index in [0.29, 0.717) is 0 Å². The van der Waals surface area contributed by atoms with Gasteiger partial charge < -0.3 is 10.1 Å². The molecule has 3 nitrogen and oxygen atoms in total. The second kappa shape index (κ2) is 7.52. The number of carbonyl (C=O) groups excluding carboxylic acids is 1. The second-order valence-electron chi connectivity index (χ2n) is 6.67. The summed E-state index contributed by atoms with van der Waals surface area (Å²) in [5.41, 5.74) is 5.79. The summed E-state index contributed by atoms with van der Waals surface area (Å²) in [6.07, 6.45) is -0.542. The second-order valence-corrected chi connectivity index (χ2v) is 6.67. The summed E-state index contributed by atoms with van der Waals surface area (Å²) < 4.78 is 5.81. The number of nitrogens with one attached hydrogen (secondary N) is 1. The molecule has 1 amide bonds. The van der Waals surface area contributed by atoms with Gasteiger partial charge in [0.25, 0.3) is 5.91 Å². The zero-order valence-corrected chi connectivity index (χ0v) is 15.4. The fraction of sp³-hybridized carbons (Fsp3) is 0.381. The SMILES string of the molecule is Cc1cc(C)cc(O[C@@H](C)C(=O)N[C@@H](C)c2ccc(C)cc2C)c1. The number of benzene rings is 2. The van der Waals surface area contributed by atoms with Gasteiger partial charge in [-0.25, -0.2) is 0 Å². The Bertz CT molecular complexity index is 716. The highest BCUT2D eigenvalue weighted by molar-refractivity contribution is 5.81. The molecular weight excluding hydrogens is 298 g/mol. The van der Waals surface area contributed by atoms with Crippen molar-refractivity contribution in [3.63, 3.8) is 0 Å². The molecule has 128 valence electrons. The van der Waals surface area contributed by atoms with Gasteiger partial charge in [0.15, 0.2) is 6.10 Å². The van der Waals surface area contributed by atoms with E-state index in [1.165, 1.54) is 11.1 Å². The molecule has 2 rings (SSSR count). The Morgan fingerprint density at radius 3 is 2.12 bits per heavy atom. The van der Waals surface area contributed by atoms with Gasteiger partial charge in [0.2, 0.25) is 0 Å². The topological polar surface area (TPSA) is 38.3 Å². The average molecular weight is 325 g/mol.